The molecule has 204 valence electrons. The second-order valence-electron chi connectivity index (χ2n) is 10.2. The van der Waals surface area contributed by atoms with Gasteiger partial charge in [-0.1, -0.05) is 31.0 Å². The third-order valence-corrected chi connectivity index (χ3v) is 7.69. The van der Waals surface area contributed by atoms with Gasteiger partial charge in [-0.2, -0.15) is 0 Å². The van der Waals surface area contributed by atoms with E-state index in [1.165, 1.54) is 57.0 Å². The Morgan fingerprint density at radius 3 is 2.31 bits per heavy atom. The van der Waals surface area contributed by atoms with Crippen LogP contribution in [0.2, 0.25) is 0 Å². The van der Waals surface area contributed by atoms with E-state index in [1.54, 1.807) is 29.2 Å². The van der Waals surface area contributed by atoms with Gasteiger partial charge in [0.05, 0.1) is 16.7 Å². The molecular weight excluding hydrogens is 498 g/mol. The SMILES string of the molecule is C1CCCNCC1.CCN1CCc2[nH]c(/C=C3\C(=O)Nc4cccc(-c5c(F)cccc5F)c43)c(C)c2C1=O. The Hall–Kier alpha value is -3.78. The molecule has 0 radical (unpaired) electrons. The Morgan fingerprint density at radius 1 is 0.923 bits per heavy atom. The monoisotopic (exact) mass is 532 g/mol. The maximum atomic E-state index is 14.6. The highest BCUT2D eigenvalue weighted by Gasteiger charge is 2.32. The molecule has 2 aromatic carbocycles. The van der Waals surface area contributed by atoms with Crippen molar-refractivity contribution in [1.29, 1.82) is 0 Å². The van der Waals surface area contributed by atoms with Crippen LogP contribution in [0.1, 0.15) is 65.5 Å². The minimum Gasteiger partial charge on any atom is -0.358 e. The van der Waals surface area contributed by atoms with Gasteiger partial charge in [-0.05, 0) is 75.2 Å². The quantitative estimate of drug-likeness (QED) is 0.366. The molecule has 6 rings (SSSR count). The first-order valence-corrected chi connectivity index (χ1v) is 13.7. The number of fused-ring (bicyclic) bond motifs is 2. The fourth-order valence-corrected chi connectivity index (χ4v) is 5.58. The summed E-state index contributed by atoms with van der Waals surface area (Å²) in [5.74, 6) is -1.79. The number of amides is 2. The number of halogens is 2. The molecule has 6 nitrogen and oxygen atoms in total. The predicted molar refractivity (Wildman–Crippen MR) is 150 cm³/mol. The molecule has 0 unspecified atom stereocenters. The number of nitrogens with zero attached hydrogens (tertiary/aromatic N) is 1. The Balaban J connectivity index is 0.000000384. The number of rotatable bonds is 3. The minimum atomic E-state index is -0.700. The molecule has 3 aliphatic rings. The lowest BCUT2D eigenvalue weighted by molar-refractivity contribution is -0.110. The summed E-state index contributed by atoms with van der Waals surface area (Å²) >= 11 is 0. The molecule has 3 N–H and O–H groups in total. The van der Waals surface area contributed by atoms with E-state index in [0.717, 1.165) is 11.3 Å². The van der Waals surface area contributed by atoms with E-state index >= 15 is 0 Å². The Kier molecular flexibility index (Phi) is 7.93. The first kappa shape index (κ1) is 26.8. The summed E-state index contributed by atoms with van der Waals surface area (Å²) in [6.45, 7) is 7.55. The maximum absolute atomic E-state index is 14.6. The number of carbonyl (C=O) groups is 2. The van der Waals surface area contributed by atoms with Crippen LogP contribution in [0.15, 0.2) is 36.4 Å². The molecule has 0 aliphatic carbocycles. The highest BCUT2D eigenvalue weighted by atomic mass is 19.1. The van der Waals surface area contributed by atoms with Crippen LogP contribution >= 0.6 is 0 Å². The van der Waals surface area contributed by atoms with Crippen molar-refractivity contribution in [1.82, 2.24) is 15.2 Å². The molecule has 0 spiro atoms. The van der Waals surface area contributed by atoms with Crippen molar-refractivity contribution < 1.29 is 18.4 Å². The van der Waals surface area contributed by atoms with E-state index in [2.05, 4.69) is 15.6 Å². The fraction of sp³-hybridized carbons (Fsp3) is 0.355. The van der Waals surface area contributed by atoms with E-state index in [9.17, 15) is 18.4 Å². The smallest absolute Gasteiger partial charge is 0.256 e. The van der Waals surface area contributed by atoms with E-state index < -0.39 is 11.6 Å². The number of anilines is 1. The summed E-state index contributed by atoms with van der Waals surface area (Å²) in [5, 5.41) is 6.13. The van der Waals surface area contributed by atoms with Gasteiger partial charge in [-0.3, -0.25) is 9.59 Å². The number of hydrogen-bond acceptors (Lipinski definition) is 3. The van der Waals surface area contributed by atoms with E-state index in [4.69, 9.17) is 0 Å². The first-order valence-electron chi connectivity index (χ1n) is 13.7. The van der Waals surface area contributed by atoms with Crippen LogP contribution in [-0.4, -0.2) is 47.9 Å². The average molecular weight is 533 g/mol. The van der Waals surface area contributed by atoms with Gasteiger partial charge >= 0.3 is 0 Å². The summed E-state index contributed by atoms with van der Waals surface area (Å²) < 4.78 is 29.1. The van der Waals surface area contributed by atoms with E-state index in [0.29, 0.717) is 53.2 Å². The first-order chi connectivity index (χ1) is 18.9. The zero-order valence-electron chi connectivity index (χ0n) is 22.4. The van der Waals surface area contributed by atoms with Gasteiger partial charge in [0.25, 0.3) is 11.8 Å². The van der Waals surface area contributed by atoms with Crippen molar-refractivity contribution >= 4 is 29.2 Å². The van der Waals surface area contributed by atoms with Gasteiger partial charge in [0.15, 0.2) is 0 Å². The van der Waals surface area contributed by atoms with Gasteiger partial charge in [-0.25, -0.2) is 8.78 Å². The summed E-state index contributed by atoms with van der Waals surface area (Å²) in [6.07, 6.45) is 8.02. The highest BCUT2D eigenvalue weighted by Crippen LogP contribution is 2.42. The third kappa shape index (κ3) is 5.26. The number of aromatic amines is 1. The number of likely N-dealkylation sites (N-methyl/N-ethyl adjacent to an activating group) is 1. The Bertz CT molecular complexity index is 1400. The lowest BCUT2D eigenvalue weighted by atomic mass is 9.93. The molecule has 1 saturated heterocycles. The van der Waals surface area contributed by atoms with E-state index in [-0.39, 0.29) is 17.4 Å². The predicted octanol–water partition coefficient (Wildman–Crippen LogP) is 5.93. The van der Waals surface area contributed by atoms with Crippen molar-refractivity contribution in [2.75, 3.05) is 31.5 Å². The van der Waals surface area contributed by atoms with Crippen LogP contribution in [0.5, 0.6) is 0 Å². The molecule has 0 atom stereocenters. The number of nitrogens with one attached hydrogen (secondary N) is 3. The van der Waals surface area contributed by atoms with Crippen molar-refractivity contribution in [3.05, 3.63) is 76.1 Å². The maximum Gasteiger partial charge on any atom is 0.256 e. The summed E-state index contributed by atoms with van der Waals surface area (Å²) in [4.78, 5) is 30.7. The average Bonchev–Trinajstić information content (AvgIpc) is 3.23. The molecule has 8 heteroatoms. The van der Waals surface area contributed by atoms with Gasteiger partial charge in [0.2, 0.25) is 0 Å². The number of carbonyl (C=O) groups excluding carboxylic acids is 2. The van der Waals surface area contributed by atoms with E-state index in [1.807, 2.05) is 13.8 Å². The normalized spacial score (nSPS) is 17.7. The van der Waals surface area contributed by atoms with Crippen LogP contribution in [-0.2, 0) is 11.2 Å². The zero-order valence-corrected chi connectivity index (χ0v) is 22.4. The molecule has 0 saturated carbocycles. The lowest BCUT2D eigenvalue weighted by Crippen LogP contribution is -2.37. The van der Waals surface area contributed by atoms with Crippen LogP contribution in [0, 0.1) is 18.6 Å². The van der Waals surface area contributed by atoms with Crippen LogP contribution in [0.4, 0.5) is 14.5 Å². The molecule has 3 aliphatic heterocycles. The van der Waals surface area contributed by atoms with Crippen molar-refractivity contribution in [3.8, 4) is 11.1 Å². The summed E-state index contributed by atoms with van der Waals surface area (Å²) in [7, 11) is 0. The standard InChI is InChI=1S/C25H21F2N3O2.C6H13N/c1-3-30-11-10-19-21(25(30)32)13(2)20(28-19)12-15-22-14(6-4-9-18(22)29-24(15)31)23-16(26)7-5-8-17(23)27;1-2-4-6-7-5-3-1/h4-9,12,28H,3,10-11H2,1-2H3,(H,29,31);7H,1-6H2/b15-12-;. The molecule has 0 bridgehead atoms. The number of hydrogen-bond donors (Lipinski definition) is 3. The van der Waals surface area contributed by atoms with Gasteiger partial charge < -0.3 is 20.5 Å². The molecule has 4 heterocycles. The van der Waals surface area contributed by atoms with Gasteiger partial charge in [0, 0.05) is 42.1 Å². The number of benzene rings is 2. The lowest BCUT2D eigenvalue weighted by Gasteiger charge is -2.25. The third-order valence-electron chi connectivity index (χ3n) is 7.69. The van der Waals surface area contributed by atoms with Crippen molar-refractivity contribution in [2.24, 2.45) is 0 Å². The second kappa shape index (κ2) is 11.5. The number of H-pyrrole nitrogens is 1. The van der Waals surface area contributed by atoms with Crippen LogP contribution < -0.4 is 10.6 Å². The molecular formula is C31H34F2N4O2. The summed E-state index contributed by atoms with van der Waals surface area (Å²) in [5.41, 5.74) is 4.22. The molecule has 2 amide bonds. The number of aromatic nitrogens is 1. The zero-order chi connectivity index (χ0) is 27.5. The van der Waals surface area contributed by atoms with Gasteiger partial charge in [0.1, 0.15) is 11.6 Å². The second-order valence-corrected chi connectivity index (χ2v) is 10.2. The fourth-order valence-electron chi connectivity index (χ4n) is 5.58. The Labute approximate surface area is 227 Å². The van der Waals surface area contributed by atoms with Crippen LogP contribution in [0.25, 0.3) is 22.8 Å². The molecule has 39 heavy (non-hydrogen) atoms. The summed E-state index contributed by atoms with van der Waals surface area (Å²) in [6, 6.07) is 8.65. The van der Waals surface area contributed by atoms with Gasteiger partial charge in [-0.15, -0.1) is 0 Å². The largest absolute Gasteiger partial charge is 0.358 e. The Morgan fingerprint density at radius 2 is 1.62 bits per heavy atom. The molecule has 1 aromatic heterocycles. The minimum absolute atomic E-state index is 0.0301. The molecule has 3 aromatic rings. The topological polar surface area (TPSA) is 77.2 Å². The highest BCUT2D eigenvalue weighted by molar-refractivity contribution is 6.36. The van der Waals surface area contributed by atoms with Crippen LogP contribution in [0.3, 0.4) is 0 Å². The molecule has 1 fully saturated rings. The van der Waals surface area contributed by atoms with Crippen molar-refractivity contribution in [3.63, 3.8) is 0 Å². The van der Waals surface area contributed by atoms with Crippen molar-refractivity contribution in [2.45, 2.75) is 46.0 Å².